The molecule has 0 saturated heterocycles. The van der Waals surface area contributed by atoms with Crippen molar-refractivity contribution in [1.29, 1.82) is 0 Å². The van der Waals surface area contributed by atoms with E-state index < -0.39 is 0 Å². The van der Waals surface area contributed by atoms with Crippen LogP contribution in [0.1, 0.15) is 41.7 Å². The number of anilines is 1. The van der Waals surface area contributed by atoms with Crippen molar-refractivity contribution in [2.75, 3.05) is 11.9 Å². The maximum Gasteiger partial charge on any atom is 0.255 e. The van der Waals surface area contributed by atoms with Crippen molar-refractivity contribution in [3.8, 4) is 11.3 Å². The molecule has 1 amide bonds. The van der Waals surface area contributed by atoms with Gasteiger partial charge in [0.1, 0.15) is 0 Å². The zero-order chi connectivity index (χ0) is 17.4. The van der Waals surface area contributed by atoms with Gasteiger partial charge in [-0.3, -0.25) is 9.48 Å². The van der Waals surface area contributed by atoms with E-state index in [9.17, 15) is 4.79 Å². The lowest BCUT2D eigenvalue weighted by molar-refractivity contribution is 0.0945. The van der Waals surface area contributed by atoms with Crippen molar-refractivity contribution in [2.24, 2.45) is 12.8 Å². The summed E-state index contributed by atoms with van der Waals surface area (Å²) in [5, 5.41) is 10.5. The summed E-state index contributed by atoms with van der Waals surface area (Å²) < 4.78 is 1.70. The van der Waals surface area contributed by atoms with Crippen molar-refractivity contribution in [3.05, 3.63) is 23.7 Å². The number of hydrogen-bond donors (Lipinski definition) is 3. The molecule has 0 aromatic carbocycles. The first kappa shape index (κ1) is 16.0. The number of fused-ring (bicyclic) bond motifs is 1. The minimum Gasteiger partial charge on any atom is -0.352 e. The second-order valence-corrected chi connectivity index (χ2v) is 6.83. The second-order valence-electron chi connectivity index (χ2n) is 6.83. The highest BCUT2D eigenvalue weighted by molar-refractivity contribution is 6.01. The number of carbonyl (C=O) groups excluding carboxylic acids is 1. The van der Waals surface area contributed by atoms with E-state index in [2.05, 4.69) is 25.7 Å². The second kappa shape index (κ2) is 6.44. The molecule has 2 aromatic rings. The van der Waals surface area contributed by atoms with Gasteiger partial charge >= 0.3 is 0 Å². The van der Waals surface area contributed by atoms with Crippen LogP contribution in [-0.2, 0) is 13.5 Å². The smallest absolute Gasteiger partial charge is 0.255 e. The molecule has 3 heterocycles. The summed E-state index contributed by atoms with van der Waals surface area (Å²) in [4.78, 5) is 21.7. The minimum absolute atomic E-state index is 0.110. The molecule has 132 valence electrons. The monoisotopic (exact) mass is 341 g/mol. The Hall–Kier alpha value is -2.48. The minimum atomic E-state index is -0.124. The first-order valence-electron chi connectivity index (χ1n) is 8.82. The van der Waals surface area contributed by atoms with Gasteiger partial charge in [-0.25, -0.2) is 9.97 Å². The first-order valence-corrected chi connectivity index (χ1v) is 8.82. The van der Waals surface area contributed by atoms with Crippen molar-refractivity contribution >= 4 is 11.9 Å². The third-order valence-electron chi connectivity index (χ3n) is 4.97. The lowest BCUT2D eigenvalue weighted by Crippen LogP contribution is -2.43. The summed E-state index contributed by atoms with van der Waals surface area (Å²) in [7, 11) is 1.84. The van der Waals surface area contributed by atoms with Crippen LogP contribution < -0.4 is 16.4 Å². The number of nitrogens with one attached hydrogen (secondary N) is 2. The van der Waals surface area contributed by atoms with Crippen LogP contribution in [-0.4, -0.2) is 44.3 Å². The molecular weight excluding hydrogens is 318 g/mol. The van der Waals surface area contributed by atoms with Crippen molar-refractivity contribution < 1.29 is 4.79 Å². The largest absolute Gasteiger partial charge is 0.352 e. The third kappa shape index (κ3) is 3.09. The van der Waals surface area contributed by atoms with E-state index in [1.165, 1.54) is 6.42 Å². The van der Waals surface area contributed by atoms with Gasteiger partial charge in [0.15, 0.2) is 0 Å². The Kier molecular flexibility index (Phi) is 4.12. The Balaban J connectivity index is 1.74. The Labute approximate surface area is 146 Å². The molecule has 1 aliphatic carbocycles. The lowest BCUT2D eigenvalue weighted by Gasteiger charge is -2.30. The van der Waals surface area contributed by atoms with Crippen molar-refractivity contribution in [3.63, 3.8) is 0 Å². The van der Waals surface area contributed by atoms with Gasteiger partial charge in [0.05, 0.1) is 23.1 Å². The predicted molar refractivity (Wildman–Crippen MR) is 94.1 cm³/mol. The summed E-state index contributed by atoms with van der Waals surface area (Å²) >= 11 is 0. The molecule has 8 nitrogen and oxygen atoms in total. The van der Waals surface area contributed by atoms with E-state index in [4.69, 9.17) is 5.73 Å². The molecule has 0 radical (unpaired) electrons. The highest BCUT2D eigenvalue weighted by Gasteiger charge is 2.27. The molecule has 4 rings (SSSR count). The van der Waals surface area contributed by atoms with Gasteiger partial charge in [-0.15, -0.1) is 0 Å². The molecule has 25 heavy (non-hydrogen) atoms. The molecule has 1 saturated carbocycles. The van der Waals surface area contributed by atoms with Crippen LogP contribution in [0.15, 0.2) is 12.4 Å². The summed E-state index contributed by atoms with van der Waals surface area (Å²) in [6.07, 6.45) is 8.65. The Morgan fingerprint density at radius 1 is 1.32 bits per heavy atom. The highest BCUT2D eigenvalue weighted by atomic mass is 16.1. The number of carbonyl (C=O) groups is 1. The molecule has 1 aliphatic heterocycles. The van der Waals surface area contributed by atoms with Crippen LogP contribution >= 0.6 is 0 Å². The molecule has 4 N–H and O–H groups in total. The Morgan fingerprint density at radius 2 is 2.16 bits per heavy atom. The Bertz CT molecular complexity index is 800. The van der Waals surface area contributed by atoms with Gasteiger partial charge in [0, 0.05) is 43.9 Å². The fourth-order valence-corrected chi connectivity index (χ4v) is 3.63. The van der Waals surface area contributed by atoms with Gasteiger partial charge < -0.3 is 16.4 Å². The van der Waals surface area contributed by atoms with Crippen LogP contribution in [0.5, 0.6) is 0 Å². The maximum absolute atomic E-state index is 12.4. The molecule has 8 heteroatoms. The number of aromatic nitrogens is 4. The Morgan fingerprint density at radius 3 is 2.92 bits per heavy atom. The predicted octanol–water partition coefficient (Wildman–Crippen LogP) is 0.845. The molecule has 1 fully saturated rings. The van der Waals surface area contributed by atoms with Crippen molar-refractivity contribution in [1.82, 2.24) is 25.1 Å². The summed E-state index contributed by atoms with van der Waals surface area (Å²) in [5.74, 6) is 0.427. The summed E-state index contributed by atoms with van der Waals surface area (Å²) in [6, 6.07) is 0.282. The zero-order valence-corrected chi connectivity index (χ0v) is 14.3. The van der Waals surface area contributed by atoms with Crippen LogP contribution in [0.3, 0.4) is 0 Å². The zero-order valence-electron chi connectivity index (χ0n) is 14.3. The average Bonchev–Trinajstić information content (AvgIpc) is 3.03. The number of nitrogens with two attached hydrogens (primary N) is 1. The van der Waals surface area contributed by atoms with Crippen LogP contribution in [0.2, 0.25) is 0 Å². The molecule has 0 unspecified atom stereocenters. The number of rotatable bonds is 3. The van der Waals surface area contributed by atoms with Gasteiger partial charge in [-0.1, -0.05) is 12.8 Å². The van der Waals surface area contributed by atoms with Crippen LogP contribution in [0.25, 0.3) is 11.3 Å². The van der Waals surface area contributed by atoms with E-state index in [1.54, 1.807) is 10.9 Å². The number of aryl methyl sites for hydroxylation is 1. The van der Waals surface area contributed by atoms with Crippen LogP contribution in [0, 0.1) is 0 Å². The molecule has 0 bridgehead atoms. The first-order chi connectivity index (χ1) is 12.1. The number of amides is 1. The van der Waals surface area contributed by atoms with Gasteiger partial charge in [-0.2, -0.15) is 5.10 Å². The number of hydrogen-bond acceptors (Lipinski definition) is 6. The lowest BCUT2D eigenvalue weighted by atomic mass is 9.91. The molecular formula is C17H23N7O. The van der Waals surface area contributed by atoms with E-state index in [0.29, 0.717) is 30.2 Å². The summed E-state index contributed by atoms with van der Waals surface area (Å²) in [5.41, 5.74) is 9.02. The molecule has 2 aromatic heterocycles. The van der Waals surface area contributed by atoms with E-state index in [-0.39, 0.29) is 18.0 Å². The third-order valence-corrected chi connectivity index (χ3v) is 4.97. The number of nitrogens with zero attached hydrogens (tertiary/aromatic N) is 4. The normalized spacial score (nSPS) is 23.0. The SMILES string of the molecule is Cn1cc(-c2nc(N[C@@H]3CCCC[C@@H]3N)nc3c2C(=O)NCC3)cn1. The highest BCUT2D eigenvalue weighted by Crippen LogP contribution is 2.28. The fourth-order valence-electron chi connectivity index (χ4n) is 3.63. The van der Waals surface area contributed by atoms with E-state index in [0.717, 1.165) is 30.5 Å². The molecule has 0 spiro atoms. The fraction of sp³-hybridized carbons (Fsp3) is 0.529. The van der Waals surface area contributed by atoms with Gasteiger partial charge in [-0.05, 0) is 12.8 Å². The standard InChI is InChI=1S/C17H23N7O/c1-24-9-10(8-20-24)15-14-13(6-7-19-16(14)25)22-17(23-15)21-12-5-3-2-4-11(12)18/h8-9,11-12H,2-7,18H2,1H3,(H,19,25)(H,21,22,23)/t11-,12+/m0/s1. The molecule has 2 atom stereocenters. The molecule has 2 aliphatic rings. The maximum atomic E-state index is 12.4. The van der Waals surface area contributed by atoms with Gasteiger partial charge in [0.25, 0.3) is 5.91 Å². The van der Waals surface area contributed by atoms with Crippen molar-refractivity contribution in [2.45, 2.75) is 44.2 Å². The van der Waals surface area contributed by atoms with E-state index in [1.807, 2.05) is 13.2 Å². The quantitative estimate of drug-likeness (QED) is 0.763. The summed E-state index contributed by atoms with van der Waals surface area (Å²) in [6.45, 7) is 0.595. The van der Waals surface area contributed by atoms with Gasteiger partial charge in [0.2, 0.25) is 5.95 Å². The topological polar surface area (TPSA) is 111 Å². The average molecular weight is 341 g/mol. The van der Waals surface area contributed by atoms with E-state index >= 15 is 0 Å². The van der Waals surface area contributed by atoms with Crippen LogP contribution in [0.4, 0.5) is 5.95 Å².